The van der Waals surface area contributed by atoms with Gasteiger partial charge in [0.15, 0.2) is 10.8 Å². The second kappa shape index (κ2) is 8.31. The molecule has 3 amide bonds. The van der Waals surface area contributed by atoms with Crippen LogP contribution in [0.3, 0.4) is 0 Å². The molecule has 2 atom stereocenters. The summed E-state index contributed by atoms with van der Waals surface area (Å²) in [6.45, 7) is 0. The SMILES string of the molecule is CO/N=C(\C(=O)N[C@@H]1C(=O)N[C@@H]1SC)c1csc(NC(=O)CCl)n1. The molecule has 12 heteroatoms. The Morgan fingerprint density at radius 1 is 1.58 bits per heavy atom. The number of nitrogens with zero attached hydrogens (tertiary/aromatic N) is 2. The van der Waals surface area contributed by atoms with Crippen LogP contribution in [0.25, 0.3) is 0 Å². The number of carbonyl (C=O) groups excluding carboxylic acids is 3. The summed E-state index contributed by atoms with van der Waals surface area (Å²) in [6.07, 6.45) is 1.82. The molecule has 1 aliphatic rings. The molecule has 0 aromatic carbocycles. The zero-order valence-corrected chi connectivity index (χ0v) is 15.0. The van der Waals surface area contributed by atoms with Crippen LogP contribution < -0.4 is 16.0 Å². The number of aromatic nitrogens is 1. The monoisotopic (exact) mass is 391 g/mol. The number of hydrogen-bond donors (Lipinski definition) is 3. The van der Waals surface area contributed by atoms with Crippen LogP contribution in [0, 0.1) is 0 Å². The first-order valence-electron chi connectivity index (χ1n) is 6.57. The van der Waals surface area contributed by atoms with Crippen molar-refractivity contribution in [2.45, 2.75) is 11.4 Å². The largest absolute Gasteiger partial charge is 0.398 e. The Kier molecular flexibility index (Phi) is 6.40. The molecule has 0 saturated carbocycles. The Hall–Kier alpha value is -1.85. The highest BCUT2D eigenvalue weighted by molar-refractivity contribution is 7.99. The quantitative estimate of drug-likeness (QED) is 0.260. The van der Waals surface area contributed by atoms with E-state index >= 15 is 0 Å². The summed E-state index contributed by atoms with van der Waals surface area (Å²) < 4.78 is 0. The molecule has 0 spiro atoms. The van der Waals surface area contributed by atoms with Crippen molar-refractivity contribution in [2.75, 3.05) is 24.6 Å². The number of carbonyl (C=O) groups is 3. The summed E-state index contributed by atoms with van der Waals surface area (Å²) in [6, 6.07) is -0.649. The van der Waals surface area contributed by atoms with Crippen molar-refractivity contribution < 1.29 is 19.2 Å². The highest BCUT2D eigenvalue weighted by Crippen LogP contribution is 2.19. The van der Waals surface area contributed by atoms with Gasteiger partial charge in [0.1, 0.15) is 30.1 Å². The molecule has 2 rings (SSSR count). The fraction of sp³-hybridized carbons (Fsp3) is 0.417. The molecule has 1 aliphatic heterocycles. The number of thioether (sulfide) groups is 1. The van der Waals surface area contributed by atoms with E-state index < -0.39 is 17.9 Å². The van der Waals surface area contributed by atoms with E-state index in [1.807, 2.05) is 6.26 Å². The fourth-order valence-corrected chi connectivity index (χ4v) is 3.26. The Morgan fingerprint density at radius 2 is 2.33 bits per heavy atom. The summed E-state index contributed by atoms with van der Waals surface area (Å²) in [5, 5.41) is 13.0. The zero-order valence-electron chi connectivity index (χ0n) is 12.7. The predicted molar refractivity (Wildman–Crippen MR) is 92.4 cm³/mol. The number of rotatable bonds is 7. The van der Waals surface area contributed by atoms with Gasteiger partial charge in [-0.15, -0.1) is 34.7 Å². The molecule has 0 bridgehead atoms. The first-order valence-corrected chi connectivity index (χ1v) is 9.27. The third kappa shape index (κ3) is 4.16. The van der Waals surface area contributed by atoms with Gasteiger partial charge >= 0.3 is 0 Å². The smallest absolute Gasteiger partial charge is 0.276 e. The van der Waals surface area contributed by atoms with Crippen molar-refractivity contribution in [2.24, 2.45) is 5.16 Å². The van der Waals surface area contributed by atoms with Gasteiger partial charge in [0.2, 0.25) is 11.8 Å². The highest BCUT2D eigenvalue weighted by atomic mass is 35.5. The zero-order chi connectivity index (χ0) is 17.7. The molecule has 0 aliphatic carbocycles. The van der Waals surface area contributed by atoms with E-state index in [0.29, 0.717) is 0 Å². The standard InChI is InChI=1S/C12H14ClN5O4S2/c1-22-18-7(5-4-24-12(14-5)15-6(19)3-13)9(20)16-8-10(21)17-11(8)23-2/h4,8,11H,3H2,1-2H3,(H,16,20)(H,17,21)(H,14,15,19)/b18-7-/t8-,11-/m1/s1. The van der Waals surface area contributed by atoms with Crippen LogP contribution in [-0.4, -0.2) is 59.1 Å². The summed E-state index contributed by atoms with van der Waals surface area (Å²) in [5.74, 6) is -1.49. The van der Waals surface area contributed by atoms with E-state index in [9.17, 15) is 14.4 Å². The van der Waals surface area contributed by atoms with E-state index in [1.54, 1.807) is 0 Å². The molecule has 1 aromatic rings. The lowest BCUT2D eigenvalue weighted by atomic mass is 10.1. The van der Waals surface area contributed by atoms with Gasteiger partial charge in [-0.1, -0.05) is 5.16 Å². The minimum absolute atomic E-state index is 0.0975. The van der Waals surface area contributed by atoms with Crippen molar-refractivity contribution in [1.29, 1.82) is 0 Å². The Morgan fingerprint density at radius 3 is 2.92 bits per heavy atom. The van der Waals surface area contributed by atoms with Crippen molar-refractivity contribution in [3.63, 3.8) is 0 Å². The number of β-lactam (4-membered cyclic amide) rings is 1. The van der Waals surface area contributed by atoms with Crippen LogP contribution >= 0.6 is 34.7 Å². The van der Waals surface area contributed by atoms with Crippen LogP contribution in [-0.2, 0) is 19.2 Å². The normalized spacial score (nSPS) is 20.0. The number of nitrogens with one attached hydrogen (secondary N) is 3. The van der Waals surface area contributed by atoms with E-state index in [-0.39, 0.29) is 33.7 Å². The number of thiazole rings is 1. The van der Waals surface area contributed by atoms with Gasteiger partial charge in [-0.3, -0.25) is 14.4 Å². The average Bonchev–Trinajstić information content (AvgIpc) is 3.02. The molecule has 9 nitrogen and oxygen atoms in total. The number of halogens is 1. The van der Waals surface area contributed by atoms with Gasteiger partial charge < -0.3 is 20.8 Å². The lowest BCUT2D eigenvalue weighted by Crippen LogP contribution is -2.68. The molecule has 0 radical (unpaired) electrons. The van der Waals surface area contributed by atoms with Crippen LogP contribution in [0.1, 0.15) is 5.69 Å². The van der Waals surface area contributed by atoms with Gasteiger partial charge in [-0.2, -0.15) is 0 Å². The summed E-state index contributed by atoms with van der Waals surface area (Å²) in [4.78, 5) is 43.9. The molecule has 1 fully saturated rings. The molecular weight excluding hydrogens is 378 g/mol. The second-order valence-corrected chi connectivity index (χ2v) is 6.56. The second-order valence-electron chi connectivity index (χ2n) is 4.46. The first-order chi connectivity index (χ1) is 11.5. The molecule has 1 saturated heterocycles. The van der Waals surface area contributed by atoms with Crippen molar-refractivity contribution in [3.05, 3.63) is 11.1 Å². The van der Waals surface area contributed by atoms with Crippen molar-refractivity contribution in [1.82, 2.24) is 15.6 Å². The van der Waals surface area contributed by atoms with Gasteiger partial charge in [-0.05, 0) is 6.26 Å². The van der Waals surface area contributed by atoms with Gasteiger partial charge in [0, 0.05) is 5.38 Å². The topological polar surface area (TPSA) is 122 Å². The molecular formula is C12H14ClN5O4S2. The Bertz CT molecular complexity index is 680. The maximum Gasteiger partial charge on any atom is 0.276 e. The maximum atomic E-state index is 12.4. The fourth-order valence-electron chi connectivity index (χ4n) is 1.79. The molecule has 130 valence electrons. The van der Waals surface area contributed by atoms with Crippen LogP contribution in [0.5, 0.6) is 0 Å². The predicted octanol–water partition coefficient (Wildman–Crippen LogP) is -0.0254. The van der Waals surface area contributed by atoms with E-state index in [4.69, 9.17) is 11.6 Å². The maximum absolute atomic E-state index is 12.4. The highest BCUT2D eigenvalue weighted by Gasteiger charge is 2.40. The van der Waals surface area contributed by atoms with Crippen LogP contribution in [0.4, 0.5) is 5.13 Å². The third-order valence-corrected chi connectivity index (χ3v) is 4.82. The Balaban J connectivity index is 2.11. The molecule has 24 heavy (non-hydrogen) atoms. The van der Waals surface area contributed by atoms with Crippen molar-refractivity contribution in [3.8, 4) is 0 Å². The minimum atomic E-state index is -0.649. The molecule has 1 aromatic heterocycles. The number of hydrogen-bond acceptors (Lipinski definition) is 8. The van der Waals surface area contributed by atoms with Crippen molar-refractivity contribution >= 4 is 63.3 Å². The molecule has 3 N–H and O–H groups in total. The van der Waals surface area contributed by atoms with Gasteiger partial charge in [-0.25, -0.2) is 4.98 Å². The van der Waals surface area contributed by atoms with E-state index in [2.05, 4.69) is 30.9 Å². The number of anilines is 1. The first kappa shape index (κ1) is 18.5. The summed E-state index contributed by atoms with van der Waals surface area (Å²) >= 11 is 7.93. The van der Waals surface area contributed by atoms with Gasteiger partial charge in [0.05, 0.1) is 0 Å². The average molecular weight is 392 g/mol. The number of amides is 3. The van der Waals surface area contributed by atoms with Gasteiger partial charge in [0.25, 0.3) is 5.91 Å². The van der Waals surface area contributed by atoms with Crippen LogP contribution in [0.2, 0.25) is 0 Å². The van der Waals surface area contributed by atoms with E-state index in [1.165, 1.54) is 24.3 Å². The van der Waals surface area contributed by atoms with E-state index in [0.717, 1.165) is 11.3 Å². The summed E-state index contributed by atoms with van der Waals surface area (Å²) in [7, 11) is 1.29. The lowest BCUT2D eigenvalue weighted by molar-refractivity contribution is -0.132. The summed E-state index contributed by atoms with van der Waals surface area (Å²) in [5.41, 5.74) is 0.115. The number of alkyl halides is 1. The Labute approximate surface area is 150 Å². The molecule has 0 unspecified atom stereocenters. The lowest BCUT2D eigenvalue weighted by Gasteiger charge is -2.35. The van der Waals surface area contributed by atoms with Crippen LogP contribution in [0.15, 0.2) is 10.5 Å². The minimum Gasteiger partial charge on any atom is -0.398 e. The number of oxime groups is 1. The third-order valence-electron chi connectivity index (χ3n) is 2.92. The molecule has 2 heterocycles.